The maximum absolute atomic E-state index is 12.7. The summed E-state index contributed by atoms with van der Waals surface area (Å²) in [6, 6.07) is 14.7. The molecule has 2 aliphatic rings. The monoisotopic (exact) mass is 449 g/mol. The zero-order valence-corrected chi connectivity index (χ0v) is 17.7. The number of nitrogens with zero attached hydrogens (tertiary/aromatic N) is 1. The van der Waals surface area contributed by atoms with Gasteiger partial charge in [-0.05, 0) is 60.8 Å². The van der Waals surface area contributed by atoms with Gasteiger partial charge in [0.05, 0.1) is 5.92 Å². The summed E-state index contributed by atoms with van der Waals surface area (Å²) in [5.41, 5.74) is 5.98. The van der Waals surface area contributed by atoms with Gasteiger partial charge in [-0.2, -0.15) is 13.2 Å². The molecule has 2 aromatic carbocycles. The summed E-state index contributed by atoms with van der Waals surface area (Å²) in [5, 5.41) is 13.7. The zero-order chi connectivity index (χ0) is 23.3. The highest BCUT2D eigenvalue weighted by atomic mass is 19.4. The maximum Gasteiger partial charge on any atom is 0.490 e. The summed E-state index contributed by atoms with van der Waals surface area (Å²) >= 11 is 0. The van der Waals surface area contributed by atoms with Gasteiger partial charge >= 0.3 is 12.1 Å². The van der Waals surface area contributed by atoms with Crippen LogP contribution in [0.15, 0.2) is 42.5 Å². The Kier molecular flexibility index (Phi) is 7.52. The van der Waals surface area contributed by atoms with Crippen LogP contribution in [0.2, 0.25) is 0 Å². The molecule has 2 aliphatic heterocycles. The lowest BCUT2D eigenvalue weighted by atomic mass is 9.95. The van der Waals surface area contributed by atoms with Gasteiger partial charge in [0.15, 0.2) is 0 Å². The number of carboxylic acids is 1. The largest absolute Gasteiger partial charge is 0.490 e. The fourth-order valence-electron chi connectivity index (χ4n) is 3.99. The molecule has 0 spiro atoms. The number of rotatable bonds is 3. The lowest BCUT2D eigenvalue weighted by Crippen LogP contribution is -2.38. The number of nitrogens with one attached hydrogen (secondary N) is 2. The molecule has 3 N–H and O–H groups in total. The molecule has 1 unspecified atom stereocenters. The van der Waals surface area contributed by atoms with Gasteiger partial charge in [0.1, 0.15) is 0 Å². The van der Waals surface area contributed by atoms with Crippen LogP contribution in [0.25, 0.3) is 11.1 Å². The second-order valence-corrected chi connectivity index (χ2v) is 8.02. The van der Waals surface area contributed by atoms with E-state index in [9.17, 15) is 18.0 Å². The van der Waals surface area contributed by atoms with Gasteiger partial charge in [0.2, 0.25) is 5.91 Å². The Labute approximate surface area is 184 Å². The maximum atomic E-state index is 12.7. The van der Waals surface area contributed by atoms with E-state index in [-0.39, 0.29) is 11.8 Å². The highest BCUT2D eigenvalue weighted by molar-refractivity contribution is 5.94. The molecule has 1 fully saturated rings. The third-order valence-electron chi connectivity index (χ3n) is 5.55. The SMILES string of the molecule is CN1CCCC(C(=O)Nc2cc3c(c(-c4ccccc4)c2)CNC3)C1.O=C(O)C(F)(F)F. The molecule has 1 amide bonds. The number of carboxylic acid groups (broad SMARTS) is 1. The van der Waals surface area contributed by atoms with E-state index in [4.69, 9.17) is 9.90 Å². The number of halogens is 3. The van der Waals surface area contributed by atoms with Crippen LogP contribution < -0.4 is 10.6 Å². The molecule has 4 rings (SSSR count). The molecule has 6 nitrogen and oxygen atoms in total. The fourth-order valence-corrected chi connectivity index (χ4v) is 3.99. The number of alkyl halides is 3. The van der Waals surface area contributed by atoms with Crippen molar-refractivity contribution in [2.24, 2.45) is 5.92 Å². The van der Waals surface area contributed by atoms with Crippen molar-refractivity contribution >= 4 is 17.6 Å². The van der Waals surface area contributed by atoms with Gasteiger partial charge in [-0.3, -0.25) is 4.79 Å². The normalized spacial score (nSPS) is 18.3. The lowest BCUT2D eigenvalue weighted by Gasteiger charge is -2.28. The Hall–Kier alpha value is -2.91. The minimum atomic E-state index is -5.08. The van der Waals surface area contributed by atoms with E-state index in [2.05, 4.69) is 59.0 Å². The van der Waals surface area contributed by atoms with Crippen molar-refractivity contribution in [1.29, 1.82) is 0 Å². The summed E-state index contributed by atoms with van der Waals surface area (Å²) in [7, 11) is 2.09. The Balaban J connectivity index is 0.000000360. The van der Waals surface area contributed by atoms with Crippen molar-refractivity contribution < 1.29 is 27.9 Å². The smallest absolute Gasteiger partial charge is 0.475 e. The third kappa shape index (κ3) is 6.08. The first kappa shape index (κ1) is 23.7. The fraction of sp³-hybridized carbons (Fsp3) is 0.391. The van der Waals surface area contributed by atoms with Crippen LogP contribution in [-0.4, -0.2) is 48.2 Å². The molecule has 32 heavy (non-hydrogen) atoms. The lowest BCUT2D eigenvalue weighted by molar-refractivity contribution is -0.192. The average Bonchev–Trinajstić information content (AvgIpc) is 3.22. The Morgan fingerprint density at radius 1 is 1.16 bits per heavy atom. The third-order valence-corrected chi connectivity index (χ3v) is 5.55. The van der Waals surface area contributed by atoms with Gasteiger partial charge < -0.3 is 20.6 Å². The quantitative estimate of drug-likeness (QED) is 0.663. The zero-order valence-electron chi connectivity index (χ0n) is 17.7. The van der Waals surface area contributed by atoms with Crippen molar-refractivity contribution in [3.8, 4) is 11.1 Å². The minimum absolute atomic E-state index is 0.0882. The second kappa shape index (κ2) is 10.1. The van der Waals surface area contributed by atoms with Crippen LogP contribution in [0.1, 0.15) is 24.0 Å². The van der Waals surface area contributed by atoms with Crippen molar-refractivity contribution in [1.82, 2.24) is 10.2 Å². The van der Waals surface area contributed by atoms with Crippen LogP contribution in [0.3, 0.4) is 0 Å². The number of hydrogen-bond acceptors (Lipinski definition) is 4. The molecular formula is C23H26F3N3O3. The van der Waals surface area contributed by atoms with E-state index in [1.165, 1.54) is 22.3 Å². The molecule has 0 aliphatic carbocycles. The Morgan fingerprint density at radius 2 is 1.84 bits per heavy atom. The van der Waals surface area contributed by atoms with Gasteiger partial charge in [-0.25, -0.2) is 4.79 Å². The number of anilines is 1. The van der Waals surface area contributed by atoms with Crippen LogP contribution in [0.4, 0.5) is 18.9 Å². The van der Waals surface area contributed by atoms with Crippen molar-refractivity contribution in [3.05, 3.63) is 53.6 Å². The Bertz CT molecular complexity index is 964. The van der Waals surface area contributed by atoms with Gasteiger partial charge in [-0.15, -0.1) is 0 Å². The van der Waals surface area contributed by atoms with Crippen LogP contribution >= 0.6 is 0 Å². The molecule has 0 saturated carbocycles. The van der Waals surface area contributed by atoms with Crippen molar-refractivity contribution in [2.45, 2.75) is 32.1 Å². The molecule has 1 saturated heterocycles. The van der Waals surface area contributed by atoms with E-state index < -0.39 is 12.1 Å². The molecule has 2 heterocycles. The van der Waals surface area contributed by atoms with Crippen molar-refractivity contribution in [2.75, 3.05) is 25.5 Å². The summed E-state index contributed by atoms with van der Waals surface area (Å²) in [6.45, 7) is 3.70. The van der Waals surface area contributed by atoms with Crippen LogP contribution in [0.5, 0.6) is 0 Å². The molecule has 0 radical (unpaired) electrons. The molecule has 2 aromatic rings. The standard InChI is InChI=1S/C21H25N3O.C2HF3O2/c1-24-9-5-8-16(14-24)21(25)23-18-10-17-12-22-13-20(17)19(11-18)15-6-3-2-4-7-15;3-2(4,5)1(6)7/h2-4,6-7,10-11,16,22H,5,8-9,12-14H2,1H3,(H,23,25);(H,6,7). The summed E-state index contributed by atoms with van der Waals surface area (Å²) in [6.07, 6.45) is -3.01. The number of amides is 1. The highest BCUT2D eigenvalue weighted by Gasteiger charge is 2.38. The molecule has 0 bridgehead atoms. The van der Waals surface area contributed by atoms with Gasteiger partial charge in [-0.1, -0.05) is 30.3 Å². The first-order valence-electron chi connectivity index (χ1n) is 10.4. The van der Waals surface area contributed by atoms with E-state index in [0.717, 1.165) is 44.7 Å². The first-order valence-corrected chi connectivity index (χ1v) is 10.4. The number of hydrogen-bond donors (Lipinski definition) is 3. The van der Waals surface area contributed by atoms with E-state index >= 15 is 0 Å². The minimum Gasteiger partial charge on any atom is -0.475 e. The molecular weight excluding hydrogens is 423 g/mol. The van der Waals surface area contributed by atoms with E-state index in [1.54, 1.807) is 0 Å². The van der Waals surface area contributed by atoms with Crippen LogP contribution in [-0.2, 0) is 22.7 Å². The Morgan fingerprint density at radius 3 is 2.47 bits per heavy atom. The summed E-state index contributed by atoms with van der Waals surface area (Å²) < 4.78 is 31.7. The number of aliphatic carboxylic acids is 1. The van der Waals surface area contributed by atoms with Crippen LogP contribution in [0, 0.1) is 5.92 Å². The van der Waals surface area contributed by atoms with Gasteiger partial charge in [0.25, 0.3) is 0 Å². The molecule has 9 heteroatoms. The predicted octanol–water partition coefficient (Wildman–Crippen LogP) is 3.87. The van der Waals surface area contributed by atoms with Gasteiger partial charge in [0, 0.05) is 25.3 Å². The molecule has 1 atom stereocenters. The average molecular weight is 449 g/mol. The topological polar surface area (TPSA) is 81.7 Å². The second-order valence-electron chi connectivity index (χ2n) is 8.02. The summed E-state index contributed by atoms with van der Waals surface area (Å²) in [4.78, 5) is 23.8. The highest BCUT2D eigenvalue weighted by Crippen LogP contribution is 2.33. The predicted molar refractivity (Wildman–Crippen MR) is 115 cm³/mol. The number of likely N-dealkylation sites (tertiary alicyclic amines) is 1. The van der Waals surface area contributed by atoms with E-state index in [1.807, 2.05) is 6.07 Å². The summed E-state index contributed by atoms with van der Waals surface area (Å²) in [5.74, 6) is -2.52. The number of carbonyl (C=O) groups is 2. The van der Waals surface area contributed by atoms with Crippen molar-refractivity contribution in [3.63, 3.8) is 0 Å². The first-order chi connectivity index (χ1) is 15.1. The number of fused-ring (bicyclic) bond motifs is 1. The van der Waals surface area contributed by atoms with E-state index in [0.29, 0.717) is 0 Å². The number of piperidine rings is 1. The number of benzene rings is 2. The number of carbonyl (C=O) groups excluding carboxylic acids is 1. The molecule has 0 aromatic heterocycles. The molecule has 172 valence electrons.